The number of fused-ring (bicyclic) bond motifs is 1. The van der Waals surface area contributed by atoms with Crippen molar-refractivity contribution < 1.29 is 43.6 Å². The summed E-state index contributed by atoms with van der Waals surface area (Å²) in [6.45, 7) is 5.34. The van der Waals surface area contributed by atoms with E-state index >= 15 is 0 Å². The normalized spacial score (nSPS) is 27.0. The summed E-state index contributed by atoms with van der Waals surface area (Å²) in [4.78, 5) is 34.6. The number of halogens is 2. The van der Waals surface area contributed by atoms with Crippen LogP contribution in [0.1, 0.15) is 44.2 Å². The number of hydrogen-bond acceptors (Lipinski definition) is 10. The number of carboxylic acid groups (broad SMARTS) is 2. The Bertz CT molecular complexity index is 995. The van der Waals surface area contributed by atoms with Crippen molar-refractivity contribution >= 4 is 17.8 Å². The molecule has 9 N–H and O–H groups in total. The first-order valence-electron chi connectivity index (χ1n) is 12.8. The van der Waals surface area contributed by atoms with E-state index in [1.165, 1.54) is 6.07 Å². The van der Waals surface area contributed by atoms with Gasteiger partial charge in [-0.2, -0.15) is 0 Å². The van der Waals surface area contributed by atoms with Gasteiger partial charge in [0.25, 0.3) is 0 Å². The second-order valence-corrected chi connectivity index (χ2v) is 9.84. The summed E-state index contributed by atoms with van der Waals surface area (Å²) < 4.78 is 27.8. The highest BCUT2D eigenvalue weighted by atomic mass is 19.2. The zero-order valence-electron chi connectivity index (χ0n) is 21.4. The molecule has 3 fully saturated rings. The van der Waals surface area contributed by atoms with Crippen LogP contribution in [0.3, 0.4) is 0 Å². The Balaban J connectivity index is 0.000000360. The Morgan fingerprint density at radius 1 is 1.03 bits per heavy atom. The van der Waals surface area contributed by atoms with Gasteiger partial charge >= 0.3 is 11.9 Å². The summed E-state index contributed by atoms with van der Waals surface area (Å²) in [6, 6.07) is 3.83. The fourth-order valence-electron chi connectivity index (χ4n) is 4.93. The Kier molecular flexibility index (Phi) is 11.1. The molecule has 218 valence electrons. The third kappa shape index (κ3) is 8.11. The molecule has 4 rings (SSSR count). The number of aliphatic hydroxyl groups excluding tert-OH is 2. The number of carboxylic acids is 2. The van der Waals surface area contributed by atoms with Crippen molar-refractivity contribution in [2.75, 3.05) is 19.6 Å². The SMILES string of the molecule is CCN1CCC(CC(=O)NC2NNC3NNC(c4cccc(F)c4F)CC32)CC1.O=C(O)[C@H](O)[C@@H](O)C(=O)O. The van der Waals surface area contributed by atoms with E-state index in [-0.39, 0.29) is 35.8 Å². The molecule has 3 saturated heterocycles. The minimum Gasteiger partial charge on any atom is -0.479 e. The van der Waals surface area contributed by atoms with Gasteiger partial charge in [-0.05, 0) is 50.9 Å². The summed E-state index contributed by atoms with van der Waals surface area (Å²) in [5, 5.41) is 35.6. The molecule has 0 aromatic heterocycles. The number of hydrogen-bond donors (Lipinski definition) is 9. The van der Waals surface area contributed by atoms with Crippen LogP contribution in [0, 0.1) is 23.5 Å². The molecule has 3 aliphatic heterocycles. The van der Waals surface area contributed by atoms with Gasteiger partial charge in [0.15, 0.2) is 23.8 Å². The molecule has 0 saturated carbocycles. The first-order chi connectivity index (χ1) is 18.5. The maximum Gasteiger partial charge on any atom is 0.335 e. The lowest BCUT2D eigenvalue weighted by atomic mass is 9.89. The van der Waals surface area contributed by atoms with Crippen LogP contribution in [0.25, 0.3) is 0 Å². The third-order valence-corrected chi connectivity index (χ3v) is 7.28. The number of carbonyl (C=O) groups excluding carboxylic acids is 1. The van der Waals surface area contributed by atoms with Gasteiger partial charge < -0.3 is 30.6 Å². The van der Waals surface area contributed by atoms with Gasteiger partial charge in [-0.3, -0.25) is 4.79 Å². The number of hydrazine groups is 2. The fourth-order valence-corrected chi connectivity index (χ4v) is 4.93. The van der Waals surface area contributed by atoms with Crippen molar-refractivity contribution in [1.82, 2.24) is 31.9 Å². The van der Waals surface area contributed by atoms with Crippen molar-refractivity contribution in [3.8, 4) is 0 Å². The molecule has 39 heavy (non-hydrogen) atoms. The molecular formula is C24H36F2N6O7. The number of benzene rings is 1. The number of likely N-dealkylation sites (tertiary alicyclic amines) is 1. The minimum absolute atomic E-state index is 0.00481. The summed E-state index contributed by atoms with van der Waals surface area (Å²) in [5.41, 5.74) is 12.7. The number of aliphatic hydroxyl groups is 2. The van der Waals surface area contributed by atoms with Crippen molar-refractivity contribution in [2.45, 2.75) is 63.2 Å². The number of piperidine rings is 1. The van der Waals surface area contributed by atoms with Crippen LogP contribution < -0.4 is 27.0 Å². The second kappa shape index (κ2) is 14.0. The summed E-state index contributed by atoms with van der Waals surface area (Å²) >= 11 is 0. The van der Waals surface area contributed by atoms with Crippen molar-refractivity contribution in [3.05, 3.63) is 35.4 Å². The van der Waals surface area contributed by atoms with E-state index in [1.54, 1.807) is 6.07 Å². The van der Waals surface area contributed by atoms with Gasteiger partial charge in [0.05, 0.1) is 12.3 Å². The van der Waals surface area contributed by atoms with Gasteiger partial charge in [0.2, 0.25) is 5.91 Å². The topological polar surface area (TPSA) is 196 Å². The molecule has 4 unspecified atom stereocenters. The molecular weight excluding hydrogens is 522 g/mol. The lowest BCUT2D eigenvalue weighted by molar-refractivity contribution is -0.165. The number of nitrogens with zero attached hydrogens (tertiary/aromatic N) is 1. The van der Waals surface area contributed by atoms with Gasteiger partial charge in [-0.1, -0.05) is 19.1 Å². The van der Waals surface area contributed by atoms with Crippen LogP contribution in [-0.4, -0.2) is 87.3 Å². The van der Waals surface area contributed by atoms with E-state index in [9.17, 15) is 23.2 Å². The highest BCUT2D eigenvalue weighted by Crippen LogP contribution is 2.31. The lowest BCUT2D eigenvalue weighted by Crippen LogP contribution is -2.57. The highest BCUT2D eigenvalue weighted by molar-refractivity contribution is 5.83. The fraction of sp³-hybridized carbons (Fsp3) is 0.625. The smallest absolute Gasteiger partial charge is 0.335 e. The van der Waals surface area contributed by atoms with E-state index < -0.39 is 35.8 Å². The summed E-state index contributed by atoms with van der Waals surface area (Å²) in [5.74, 6) is -4.77. The number of aliphatic carboxylic acids is 2. The van der Waals surface area contributed by atoms with E-state index in [2.05, 4.69) is 38.8 Å². The van der Waals surface area contributed by atoms with Gasteiger partial charge in [-0.25, -0.2) is 40.1 Å². The average Bonchev–Trinajstić information content (AvgIpc) is 3.31. The highest BCUT2D eigenvalue weighted by Gasteiger charge is 2.42. The molecule has 13 nitrogen and oxygen atoms in total. The summed E-state index contributed by atoms with van der Waals surface area (Å²) in [7, 11) is 0. The van der Waals surface area contributed by atoms with E-state index in [0.29, 0.717) is 18.8 Å². The van der Waals surface area contributed by atoms with Gasteiger partial charge in [-0.15, -0.1) is 0 Å². The predicted octanol–water partition coefficient (Wildman–Crippen LogP) is -1.00. The largest absolute Gasteiger partial charge is 0.479 e. The Labute approximate surface area is 223 Å². The molecule has 3 aliphatic rings. The summed E-state index contributed by atoms with van der Waals surface area (Å²) in [6.07, 6.45) is -1.72. The zero-order valence-corrected chi connectivity index (χ0v) is 21.4. The molecule has 15 heteroatoms. The van der Waals surface area contributed by atoms with Crippen LogP contribution in [0.15, 0.2) is 18.2 Å². The first kappa shape index (κ1) is 30.7. The maximum atomic E-state index is 14.2. The van der Waals surface area contributed by atoms with Crippen molar-refractivity contribution in [1.29, 1.82) is 0 Å². The lowest BCUT2D eigenvalue weighted by Gasteiger charge is -2.35. The molecule has 0 spiro atoms. The molecule has 1 amide bonds. The third-order valence-electron chi connectivity index (χ3n) is 7.28. The molecule has 0 radical (unpaired) electrons. The second-order valence-electron chi connectivity index (χ2n) is 9.84. The molecule has 0 aliphatic carbocycles. The van der Waals surface area contributed by atoms with Crippen LogP contribution >= 0.6 is 0 Å². The maximum absolute atomic E-state index is 14.2. The Morgan fingerprint density at radius 3 is 2.23 bits per heavy atom. The molecule has 0 bridgehead atoms. The quantitative estimate of drug-likeness (QED) is 0.189. The minimum atomic E-state index is -2.27. The van der Waals surface area contributed by atoms with Gasteiger partial charge in [0, 0.05) is 23.9 Å². The van der Waals surface area contributed by atoms with E-state index in [0.717, 1.165) is 38.5 Å². The molecule has 1 aromatic carbocycles. The van der Waals surface area contributed by atoms with Crippen LogP contribution in [0.5, 0.6) is 0 Å². The number of carbonyl (C=O) groups is 3. The van der Waals surface area contributed by atoms with Crippen LogP contribution in [0.2, 0.25) is 0 Å². The number of rotatable bonds is 8. The van der Waals surface area contributed by atoms with E-state index in [4.69, 9.17) is 20.4 Å². The molecule has 6 atom stereocenters. The van der Waals surface area contributed by atoms with Crippen molar-refractivity contribution in [3.63, 3.8) is 0 Å². The van der Waals surface area contributed by atoms with E-state index in [1.807, 2.05) is 0 Å². The molecule has 3 heterocycles. The standard InChI is InChI=1S/C20H30F2N6O.C4H6O6/c1-2-28-8-6-12(7-9-28)10-17(29)23-19-14-11-16(24-26-20(14)27-25-19)13-4-3-5-15(21)18(13)22;5-1(3(7)8)2(6)4(9)10/h3-5,12,14,16,19-20,24-27H,2,6-11H2,1H3,(H,23,29);1-2,5-6H,(H,7,8)(H,9,10)/t;1-,2-/m.1/s1. The van der Waals surface area contributed by atoms with Crippen LogP contribution in [0.4, 0.5) is 8.78 Å². The van der Waals surface area contributed by atoms with Gasteiger partial charge in [0.1, 0.15) is 0 Å². The predicted molar refractivity (Wildman–Crippen MR) is 132 cm³/mol. The number of amides is 1. The average molecular weight is 559 g/mol. The Morgan fingerprint density at radius 2 is 1.64 bits per heavy atom. The zero-order chi connectivity index (χ0) is 28.7. The Hall–Kier alpha value is -2.79. The number of nitrogens with one attached hydrogen (secondary N) is 5. The molecule has 1 aromatic rings. The monoisotopic (exact) mass is 558 g/mol. The van der Waals surface area contributed by atoms with Crippen LogP contribution in [-0.2, 0) is 14.4 Å². The first-order valence-corrected chi connectivity index (χ1v) is 12.8. The van der Waals surface area contributed by atoms with Crippen molar-refractivity contribution in [2.24, 2.45) is 11.8 Å².